The Morgan fingerprint density at radius 1 is 1.40 bits per heavy atom. The van der Waals surface area contributed by atoms with E-state index in [9.17, 15) is 0 Å². The first-order valence-corrected chi connectivity index (χ1v) is 3.29. The maximum absolute atomic E-state index is 8.67. The smallest absolute Gasteiger partial charge is 0.0564 e. The van der Waals surface area contributed by atoms with Crippen LogP contribution in [-0.2, 0) is 0 Å². The lowest BCUT2D eigenvalue weighted by atomic mass is 10.2. The Balaban J connectivity index is 3.16. The van der Waals surface area contributed by atoms with E-state index in [0.29, 0.717) is 13.0 Å². The number of aliphatic hydroxyl groups is 1. The number of hydrogen-bond donors (Lipinski definition) is 1. The molecular weight excluding hydrogens is 130 g/mol. The van der Waals surface area contributed by atoms with Crippen LogP contribution in [0.4, 0.5) is 0 Å². The van der Waals surface area contributed by atoms with Crippen molar-refractivity contribution in [3.8, 4) is 0 Å². The van der Waals surface area contributed by atoms with Gasteiger partial charge in [0.1, 0.15) is 0 Å². The fourth-order valence-electron chi connectivity index (χ4n) is 0.608. The van der Waals surface area contributed by atoms with E-state index < -0.39 is 6.56 Å². The van der Waals surface area contributed by atoms with Gasteiger partial charge in [-0.25, -0.2) is 0 Å². The molecule has 0 atom stereocenters. The van der Waals surface area contributed by atoms with Crippen LogP contribution >= 0.6 is 0 Å². The van der Waals surface area contributed by atoms with E-state index in [0.717, 1.165) is 12.8 Å². The lowest BCUT2D eigenvalue weighted by molar-refractivity contribution is 0.282. The highest BCUT2D eigenvalue weighted by atomic mass is 16.2. The molecule has 0 radical (unpaired) electrons. The summed E-state index contributed by atoms with van der Waals surface area (Å²) in [6.45, 7) is -1.61. The van der Waals surface area contributed by atoms with Crippen molar-refractivity contribution < 1.29 is 7.85 Å². The first-order chi connectivity index (χ1) is 5.56. The third-order valence-corrected chi connectivity index (χ3v) is 1.11. The Bertz CT molecular complexity index is 163. The average molecular weight is 145 g/mol. The third kappa shape index (κ3) is 7.27. The van der Waals surface area contributed by atoms with Crippen LogP contribution in [0.5, 0.6) is 0 Å². The summed E-state index contributed by atoms with van der Waals surface area (Å²) in [5, 5.41) is 12.0. The standard InChI is InChI=1S/C6H13N3O/c7-9-8-5-3-1-2-4-6-10/h10H,1-6H2/i6D2. The van der Waals surface area contributed by atoms with E-state index in [4.69, 9.17) is 13.4 Å². The van der Waals surface area contributed by atoms with Crippen molar-refractivity contribution in [3.63, 3.8) is 0 Å². The highest BCUT2D eigenvalue weighted by Gasteiger charge is 1.86. The maximum atomic E-state index is 8.67. The zero-order valence-corrected chi connectivity index (χ0v) is 5.82. The van der Waals surface area contributed by atoms with E-state index >= 15 is 0 Å². The second-order valence-corrected chi connectivity index (χ2v) is 1.92. The molecule has 0 saturated carbocycles. The zero-order valence-electron chi connectivity index (χ0n) is 7.82. The van der Waals surface area contributed by atoms with Crippen molar-refractivity contribution in [2.45, 2.75) is 25.7 Å². The summed E-state index contributed by atoms with van der Waals surface area (Å²) < 4.78 is 13.6. The molecule has 4 heteroatoms. The van der Waals surface area contributed by atoms with E-state index in [-0.39, 0.29) is 6.42 Å². The highest BCUT2D eigenvalue weighted by Crippen LogP contribution is 1.98. The number of hydrogen-bond acceptors (Lipinski definition) is 2. The molecule has 0 unspecified atom stereocenters. The molecule has 0 aromatic heterocycles. The first kappa shape index (κ1) is 6.01. The number of unbranched alkanes of at least 4 members (excludes halogenated alkanes) is 2. The van der Waals surface area contributed by atoms with Gasteiger partial charge in [-0.2, -0.15) is 0 Å². The summed E-state index contributed by atoms with van der Waals surface area (Å²) in [7, 11) is 0. The van der Waals surface area contributed by atoms with Crippen molar-refractivity contribution >= 4 is 0 Å². The van der Waals surface area contributed by atoms with Gasteiger partial charge in [0.15, 0.2) is 0 Å². The minimum Gasteiger partial charge on any atom is -0.396 e. The molecule has 0 aromatic rings. The van der Waals surface area contributed by atoms with Gasteiger partial charge in [0, 0.05) is 18.0 Å². The largest absolute Gasteiger partial charge is 0.396 e. The molecule has 1 N–H and O–H groups in total. The van der Waals surface area contributed by atoms with Gasteiger partial charge in [0.25, 0.3) is 0 Å². The van der Waals surface area contributed by atoms with Gasteiger partial charge in [-0.05, 0) is 18.4 Å². The quantitative estimate of drug-likeness (QED) is 0.263. The van der Waals surface area contributed by atoms with Crippen LogP contribution in [0.1, 0.15) is 28.4 Å². The molecule has 0 bridgehead atoms. The van der Waals surface area contributed by atoms with E-state index in [1.165, 1.54) is 0 Å². The molecule has 0 aliphatic carbocycles. The molecule has 0 heterocycles. The Labute approximate surface area is 63.3 Å². The maximum Gasteiger partial charge on any atom is 0.0564 e. The predicted molar refractivity (Wildman–Crippen MR) is 39.6 cm³/mol. The Morgan fingerprint density at radius 3 is 2.70 bits per heavy atom. The lowest BCUT2D eigenvalue weighted by Gasteiger charge is -1.93. The van der Waals surface area contributed by atoms with Gasteiger partial charge in [-0.3, -0.25) is 0 Å². The highest BCUT2D eigenvalue weighted by molar-refractivity contribution is 4.47. The molecule has 0 aliphatic rings. The van der Waals surface area contributed by atoms with E-state index in [1.54, 1.807) is 0 Å². The molecule has 0 fully saturated rings. The number of nitrogens with zero attached hydrogens (tertiary/aromatic N) is 3. The fourth-order valence-corrected chi connectivity index (χ4v) is 0.608. The summed E-state index contributed by atoms with van der Waals surface area (Å²) >= 11 is 0. The normalized spacial score (nSPS) is 13.3. The molecule has 58 valence electrons. The topological polar surface area (TPSA) is 69.0 Å². The van der Waals surface area contributed by atoms with E-state index in [1.807, 2.05) is 0 Å². The van der Waals surface area contributed by atoms with Crippen LogP contribution in [0.25, 0.3) is 10.4 Å². The Hall–Kier alpha value is -0.730. The van der Waals surface area contributed by atoms with Crippen molar-refractivity contribution in [1.82, 2.24) is 0 Å². The van der Waals surface area contributed by atoms with Gasteiger partial charge in [0.05, 0.1) is 2.74 Å². The van der Waals surface area contributed by atoms with Crippen molar-refractivity contribution in [2.24, 2.45) is 5.11 Å². The van der Waals surface area contributed by atoms with Gasteiger partial charge in [-0.1, -0.05) is 18.0 Å². The molecule has 0 saturated heterocycles. The Morgan fingerprint density at radius 2 is 2.10 bits per heavy atom. The molecule has 0 amide bonds. The average Bonchev–Trinajstić information content (AvgIpc) is 1.94. The predicted octanol–water partition coefficient (Wildman–Crippen LogP) is 1.85. The molecule has 0 aromatic carbocycles. The van der Waals surface area contributed by atoms with Gasteiger partial charge >= 0.3 is 0 Å². The molecule has 0 aliphatic heterocycles. The van der Waals surface area contributed by atoms with Crippen LogP contribution in [0.2, 0.25) is 0 Å². The summed E-state index contributed by atoms with van der Waals surface area (Å²) in [5.41, 5.74) is 7.91. The second-order valence-electron chi connectivity index (χ2n) is 1.92. The van der Waals surface area contributed by atoms with Crippen molar-refractivity contribution in [3.05, 3.63) is 10.4 Å². The van der Waals surface area contributed by atoms with Crippen LogP contribution in [0.3, 0.4) is 0 Å². The zero-order chi connectivity index (χ0) is 9.45. The number of rotatable bonds is 6. The van der Waals surface area contributed by atoms with Crippen LogP contribution < -0.4 is 0 Å². The summed E-state index contributed by atoms with van der Waals surface area (Å²) in [6, 6.07) is 0. The minimum absolute atomic E-state index is 0.142. The first-order valence-electron chi connectivity index (χ1n) is 4.29. The second kappa shape index (κ2) is 8.27. The summed E-state index contributed by atoms with van der Waals surface area (Å²) in [6.07, 6.45) is 2.28. The third-order valence-electron chi connectivity index (χ3n) is 1.11. The molecule has 10 heavy (non-hydrogen) atoms. The lowest BCUT2D eigenvalue weighted by Crippen LogP contribution is -1.84. The Kier molecular flexibility index (Phi) is 4.97. The van der Waals surface area contributed by atoms with Crippen LogP contribution in [0, 0.1) is 0 Å². The minimum atomic E-state index is -2.06. The van der Waals surface area contributed by atoms with E-state index in [2.05, 4.69) is 10.0 Å². The van der Waals surface area contributed by atoms with Gasteiger partial charge in [-0.15, -0.1) is 0 Å². The monoisotopic (exact) mass is 145 g/mol. The summed E-state index contributed by atoms with van der Waals surface area (Å²) in [4.78, 5) is 2.58. The molecule has 4 nitrogen and oxygen atoms in total. The van der Waals surface area contributed by atoms with Crippen LogP contribution in [0.15, 0.2) is 5.11 Å². The molecule has 0 spiro atoms. The summed E-state index contributed by atoms with van der Waals surface area (Å²) in [5.74, 6) is 0. The molecule has 0 rings (SSSR count). The SMILES string of the molecule is [2H]C([2H])(O)CCCCCN=[N+]=[N-]. The van der Waals surface area contributed by atoms with Crippen molar-refractivity contribution in [2.75, 3.05) is 13.1 Å². The molecular formula is C6H13N3O. The van der Waals surface area contributed by atoms with Crippen LogP contribution in [-0.4, -0.2) is 18.2 Å². The number of azide groups is 1. The fraction of sp³-hybridized carbons (Fsp3) is 1.00. The van der Waals surface area contributed by atoms with Gasteiger partial charge in [0.2, 0.25) is 0 Å². The van der Waals surface area contributed by atoms with Gasteiger partial charge < -0.3 is 5.11 Å². The van der Waals surface area contributed by atoms with Crippen molar-refractivity contribution in [1.29, 1.82) is 0 Å².